The first kappa shape index (κ1) is 16.8. The summed E-state index contributed by atoms with van der Waals surface area (Å²) in [5.41, 5.74) is 0.119. The number of nitrogens with zero attached hydrogens (tertiary/aromatic N) is 2. The van der Waals surface area contributed by atoms with Gasteiger partial charge >= 0.3 is 5.97 Å². The highest BCUT2D eigenvalue weighted by Crippen LogP contribution is 2.23. The molecule has 8 nitrogen and oxygen atoms in total. The zero-order valence-corrected chi connectivity index (χ0v) is 13.9. The molecule has 1 saturated heterocycles. The maximum Gasteiger partial charge on any atom is 0.357 e. The lowest BCUT2D eigenvalue weighted by Crippen LogP contribution is -2.42. The van der Waals surface area contributed by atoms with Gasteiger partial charge in [0.1, 0.15) is 6.04 Å². The number of aromatic nitrogens is 1. The average molecular weight is 347 g/mol. The molecule has 10 heteroatoms. The molecule has 0 unspecified atom stereocenters. The van der Waals surface area contributed by atoms with E-state index < -0.39 is 27.9 Å². The first-order chi connectivity index (χ1) is 10.3. The van der Waals surface area contributed by atoms with Crippen LogP contribution in [0.25, 0.3) is 0 Å². The number of rotatable bonds is 5. The van der Waals surface area contributed by atoms with Gasteiger partial charge in [-0.05, 0) is 19.8 Å². The Kier molecular flexibility index (Phi) is 5.14. The molecule has 1 aromatic heterocycles. The Bertz CT molecular complexity index is 670. The summed E-state index contributed by atoms with van der Waals surface area (Å²) in [5, 5.41) is 4.28. The molecule has 1 aromatic rings. The van der Waals surface area contributed by atoms with Gasteiger partial charge in [-0.1, -0.05) is 0 Å². The number of hydrogen-bond acceptors (Lipinski definition) is 7. The van der Waals surface area contributed by atoms with Crippen molar-refractivity contribution in [2.75, 3.05) is 24.7 Å². The number of hydrogen-bond donors (Lipinski definition) is 1. The lowest BCUT2D eigenvalue weighted by molar-refractivity contribution is -0.119. The number of ether oxygens (including phenoxy) is 1. The number of carbonyl (C=O) groups is 2. The minimum absolute atomic E-state index is 0.119. The van der Waals surface area contributed by atoms with Crippen LogP contribution in [0.2, 0.25) is 0 Å². The van der Waals surface area contributed by atoms with Crippen LogP contribution >= 0.6 is 11.3 Å². The van der Waals surface area contributed by atoms with Gasteiger partial charge in [-0.2, -0.15) is 4.31 Å². The topological polar surface area (TPSA) is 106 Å². The summed E-state index contributed by atoms with van der Waals surface area (Å²) in [6.45, 7) is 2.26. The predicted octanol–water partition coefficient (Wildman–Crippen LogP) is 0.682. The summed E-state index contributed by atoms with van der Waals surface area (Å²) in [7, 11) is -3.42. The Hall–Kier alpha value is -1.52. The summed E-state index contributed by atoms with van der Waals surface area (Å²) in [6.07, 6.45) is 2.19. The second-order valence-corrected chi connectivity index (χ2v) is 7.57. The monoisotopic (exact) mass is 347 g/mol. The van der Waals surface area contributed by atoms with E-state index in [1.807, 2.05) is 0 Å². The SMILES string of the molecule is CCOC(=O)c1csc(NC(=O)[C@H]2CCCN2S(C)(=O)=O)n1. The molecule has 1 atom stereocenters. The molecule has 1 N–H and O–H groups in total. The fourth-order valence-corrected chi connectivity index (χ4v) is 4.02. The van der Waals surface area contributed by atoms with Gasteiger partial charge in [0.25, 0.3) is 0 Å². The van der Waals surface area contributed by atoms with Gasteiger partial charge in [0.15, 0.2) is 10.8 Å². The second kappa shape index (κ2) is 6.71. The number of esters is 1. The van der Waals surface area contributed by atoms with Gasteiger partial charge in [-0.15, -0.1) is 11.3 Å². The van der Waals surface area contributed by atoms with Crippen molar-refractivity contribution in [1.82, 2.24) is 9.29 Å². The molecule has 0 saturated carbocycles. The zero-order valence-electron chi connectivity index (χ0n) is 12.2. The van der Waals surface area contributed by atoms with E-state index in [0.717, 1.165) is 17.6 Å². The number of carbonyl (C=O) groups excluding carboxylic acids is 2. The van der Waals surface area contributed by atoms with Gasteiger partial charge < -0.3 is 10.1 Å². The lowest BCUT2D eigenvalue weighted by atomic mass is 10.2. The fourth-order valence-electron chi connectivity index (χ4n) is 2.22. The minimum Gasteiger partial charge on any atom is -0.461 e. The summed E-state index contributed by atoms with van der Waals surface area (Å²) >= 11 is 1.09. The van der Waals surface area contributed by atoms with Crippen LogP contribution < -0.4 is 5.32 Å². The van der Waals surface area contributed by atoms with Crippen molar-refractivity contribution in [3.8, 4) is 0 Å². The van der Waals surface area contributed by atoms with Crippen LogP contribution in [-0.4, -0.2) is 55.0 Å². The highest BCUT2D eigenvalue weighted by Gasteiger charge is 2.36. The molecular formula is C12H17N3O5S2. The van der Waals surface area contributed by atoms with Gasteiger partial charge in [0.2, 0.25) is 15.9 Å². The Labute approximate surface area is 132 Å². The molecule has 0 bridgehead atoms. The van der Waals surface area contributed by atoms with Crippen LogP contribution in [0.5, 0.6) is 0 Å². The fraction of sp³-hybridized carbons (Fsp3) is 0.583. The molecule has 1 amide bonds. The molecule has 1 aliphatic heterocycles. The molecule has 0 aliphatic carbocycles. The second-order valence-electron chi connectivity index (χ2n) is 4.78. The Morgan fingerprint density at radius 1 is 1.55 bits per heavy atom. The maximum absolute atomic E-state index is 12.2. The van der Waals surface area contributed by atoms with Crippen LogP contribution in [0.15, 0.2) is 5.38 Å². The number of amides is 1. The van der Waals surface area contributed by atoms with Crippen molar-refractivity contribution in [3.05, 3.63) is 11.1 Å². The van der Waals surface area contributed by atoms with Crippen LogP contribution in [0.4, 0.5) is 5.13 Å². The molecule has 0 aromatic carbocycles. The largest absolute Gasteiger partial charge is 0.461 e. The Morgan fingerprint density at radius 2 is 2.27 bits per heavy atom. The third-order valence-electron chi connectivity index (χ3n) is 3.15. The Balaban J connectivity index is 2.05. The van der Waals surface area contributed by atoms with E-state index >= 15 is 0 Å². The number of anilines is 1. The highest BCUT2D eigenvalue weighted by atomic mass is 32.2. The van der Waals surface area contributed by atoms with Crippen molar-refractivity contribution in [2.45, 2.75) is 25.8 Å². The summed E-state index contributed by atoms with van der Waals surface area (Å²) in [6, 6.07) is -0.732. The van der Waals surface area contributed by atoms with E-state index in [9.17, 15) is 18.0 Å². The smallest absolute Gasteiger partial charge is 0.357 e. The molecule has 22 heavy (non-hydrogen) atoms. The zero-order chi connectivity index (χ0) is 16.3. The van der Waals surface area contributed by atoms with Crippen LogP contribution in [-0.2, 0) is 19.6 Å². The summed E-state index contributed by atoms with van der Waals surface area (Å²) in [4.78, 5) is 27.7. The van der Waals surface area contributed by atoms with E-state index in [1.165, 1.54) is 9.69 Å². The first-order valence-corrected chi connectivity index (χ1v) is 9.46. The van der Waals surface area contributed by atoms with E-state index in [0.29, 0.717) is 19.4 Å². The third-order valence-corrected chi connectivity index (χ3v) is 5.20. The van der Waals surface area contributed by atoms with Crippen molar-refractivity contribution >= 4 is 38.4 Å². The number of nitrogens with one attached hydrogen (secondary N) is 1. The molecule has 0 spiro atoms. The van der Waals surface area contributed by atoms with Gasteiger partial charge in [0, 0.05) is 11.9 Å². The van der Waals surface area contributed by atoms with E-state index in [2.05, 4.69) is 10.3 Å². The van der Waals surface area contributed by atoms with Crippen LogP contribution in [0.3, 0.4) is 0 Å². The van der Waals surface area contributed by atoms with Gasteiger partial charge in [0.05, 0.1) is 12.9 Å². The van der Waals surface area contributed by atoms with Crippen molar-refractivity contribution in [1.29, 1.82) is 0 Å². The molecule has 0 radical (unpaired) electrons. The van der Waals surface area contributed by atoms with Crippen molar-refractivity contribution in [2.24, 2.45) is 0 Å². The van der Waals surface area contributed by atoms with Gasteiger partial charge in [-0.25, -0.2) is 18.2 Å². The normalized spacial score (nSPS) is 19.1. The predicted molar refractivity (Wildman–Crippen MR) is 81.3 cm³/mol. The van der Waals surface area contributed by atoms with E-state index in [-0.39, 0.29) is 17.4 Å². The van der Waals surface area contributed by atoms with E-state index in [1.54, 1.807) is 6.92 Å². The number of thiazole rings is 1. The lowest BCUT2D eigenvalue weighted by Gasteiger charge is -2.20. The molecule has 1 fully saturated rings. The highest BCUT2D eigenvalue weighted by molar-refractivity contribution is 7.88. The third kappa shape index (κ3) is 3.81. The molecule has 2 heterocycles. The summed E-state index contributed by atoms with van der Waals surface area (Å²) in [5.74, 6) is -0.995. The molecule has 1 aliphatic rings. The Morgan fingerprint density at radius 3 is 2.91 bits per heavy atom. The molecular weight excluding hydrogens is 330 g/mol. The number of sulfonamides is 1. The van der Waals surface area contributed by atoms with Crippen LogP contribution in [0.1, 0.15) is 30.3 Å². The molecule has 122 valence electrons. The first-order valence-electron chi connectivity index (χ1n) is 6.73. The van der Waals surface area contributed by atoms with Crippen LogP contribution in [0, 0.1) is 0 Å². The molecule has 2 rings (SSSR count). The van der Waals surface area contributed by atoms with E-state index in [4.69, 9.17) is 4.74 Å². The van der Waals surface area contributed by atoms with Crippen molar-refractivity contribution in [3.63, 3.8) is 0 Å². The summed E-state index contributed by atoms with van der Waals surface area (Å²) < 4.78 is 29.3. The quantitative estimate of drug-likeness (QED) is 0.785. The standard InChI is InChI=1S/C12H17N3O5S2/c1-3-20-11(17)8-7-21-12(13-8)14-10(16)9-5-4-6-15(9)22(2,18)19/h7,9H,3-6H2,1-2H3,(H,13,14,16)/t9-/m1/s1. The average Bonchev–Trinajstić information content (AvgIpc) is 3.06. The van der Waals surface area contributed by atoms with Crippen molar-refractivity contribution < 1.29 is 22.7 Å². The van der Waals surface area contributed by atoms with Gasteiger partial charge in [-0.3, -0.25) is 4.79 Å². The minimum atomic E-state index is -3.42. The maximum atomic E-state index is 12.2.